The Morgan fingerprint density at radius 3 is 2.80 bits per heavy atom. The van der Waals surface area contributed by atoms with Crippen LogP contribution in [-0.4, -0.2) is 5.78 Å². The minimum Gasteiger partial charge on any atom is -0.299 e. The maximum Gasteiger partial charge on any atom is 0.136 e. The number of halogens is 2. The summed E-state index contributed by atoms with van der Waals surface area (Å²) in [5, 5.41) is 1.39. The van der Waals surface area contributed by atoms with Crippen LogP contribution in [0.25, 0.3) is 0 Å². The van der Waals surface area contributed by atoms with Crippen LogP contribution in [0.1, 0.15) is 24.8 Å². The summed E-state index contributed by atoms with van der Waals surface area (Å²) in [6.45, 7) is 0. The maximum absolute atomic E-state index is 11.5. The Balaban J connectivity index is 2.16. The molecule has 0 heterocycles. The zero-order valence-electron chi connectivity index (χ0n) is 8.30. The van der Waals surface area contributed by atoms with Crippen molar-refractivity contribution in [2.75, 3.05) is 0 Å². The van der Waals surface area contributed by atoms with Gasteiger partial charge in [0.05, 0.1) is 0 Å². The number of hydrogen-bond acceptors (Lipinski definition) is 1. The lowest BCUT2D eigenvalue weighted by Gasteiger charge is -2.09. The van der Waals surface area contributed by atoms with Crippen molar-refractivity contribution in [1.29, 1.82) is 0 Å². The summed E-state index contributed by atoms with van der Waals surface area (Å²) in [4.78, 5) is 11.5. The lowest BCUT2D eigenvalue weighted by Crippen LogP contribution is -2.09. The fourth-order valence-electron chi connectivity index (χ4n) is 2.07. The number of rotatable bonds is 2. The first-order valence-electron chi connectivity index (χ1n) is 5.13. The SMILES string of the molecule is O=C1CCCC1Cc1cc(Cl)ccc1Cl. The van der Waals surface area contributed by atoms with E-state index in [-0.39, 0.29) is 5.92 Å². The van der Waals surface area contributed by atoms with Crippen LogP contribution in [0, 0.1) is 5.92 Å². The first kappa shape index (κ1) is 11.0. The Labute approximate surface area is 99.4 Å². The van der Waals surface area contributed by atoms with Crippen molar-refractivity contribution in [2.24, 2.45) is 5.92 Å². The minimum absolute atomic E-state index is 0.154. The van der Waals surface area contributed by atoms with E-state index in [1.165, 1.54) is 0 Å². The van der Waals surface area contributed by atoms with Gasteiger partial charge >= 0.3 is 0 Å². The van der Waals surface area contributed by atoms with Crippen molar-refractivity contribution < 1.29 is 4.79 Å². The van der Waals surface area contributed by atoms with Crippen molar-refractivity contribution in [3.63, 3.8) is 0 Å². The van der Waals surface area contributed by atoms with Crippen LogP contribution in [-0.2, 0) is 11.2 Å². The van der Waals surface area contributed by atoms with Gasteiger partial charge < -0.3 is 0 Å². The van der Waals surface area contributed by atoms with Crippen LogP contribution in [0.4, 0.5) is 0 Å². The van der Waals surface area contributed by atoms with Gasteiger partial charge in [0.1, 0.15) is 5.78 Å². The molecule has 3 heteroatoms. The molecule has 0 N–H and O–H groups in total. The highest BCUT2D eigenvalue weighted by atomic mass is 35.5. The van der Waals surface area contributed by atoms with Gasteiger partial charge in [-0.25, -0.2) is 0 Å². The Hall–Kier alpha value is -0.530. The molecule has 0 saturated heterocycles. The summed E-state index contributed by atoms with van der Waals surface area (Å²) in [5.74, 6) is 0.520. The lowest BCUT2D eigenvalue weighted by molar-refractivity contribution is -0.120. The molecular weight excluding hydrogens is 231 g/mol. The number of ketones is 1. The summed E-state index contributed by atoms with van der Waals surface area (Å²) < 4.78 is 0. The number of carbonyl (C=O) groups is 1. The predicted octanol–water partition coefficient (Wildman–Crippen LogP) is 3.91. The molecule has 0 spiro atoms. The van der Waals surface area contributed by atoms with E-state index in [4.69, 9.17) is 23.2 Å². The van der Waals surface area contributed by atoms with E-state index >= 15 is 0 Å². The first-order valence-corrected chi connectivity index (χ1v) is 5.89. The molecule has 0 aromatic heterocycles. The maximum atomic E-state index is 11.5. The smallest absolute Gasteiger partial charge is 0.136 e. The predicted molar refractivity (Wildman–Crippen MR) is 62.5 cm³/mol. The van der Waals surface area contributed by atoms with E-state index in [9.17, 15) is 4.79 Å². The van der Waals surface area contributed by atoms with Gasteiger partial charge in [0.25, 0.3) is 0 Å². The van der Waals surface area contributed by atoms with E-state index in [0.29, 0.717) is 15.8 Å². The van der Waals surface area contributed by atoms with Crippen LogP contribution in [0.3, 0.4) is 0 Å². The third kappa shape index (κ3) is 2.53. The van der Waals surface area contributed by atoms with Crippen molar-refractivity contribution in [1.82, 2.24) is 0 Å². The summed E-state index contributed by atoms with van der Waals surface area (Å²) in [6, 6.07) is 5.41. The summed E-state index contributed by atoms with van der Waals surface area (Å²) in [7, 11) is 0. The minimum atomic E-state index is 0.154. The molecule has 1 unspecified atom stereocenters. The van der Waals surface area contributed by atoms with Gasteiger partial charge in [-0.05, 0) is 43.0 Å². The standard InChI is InChI=1S/C12H12Cl2O/c13-10-4-5-11(14)9(7-10)6-8-2-1-3-12(8)15/h4-5,7-8H,1-3,6H2. The van der Waals surface area contributed by atoms with Crippen LogP contribution in [0.5, 0.6) is 0 Å². The third-order valence-electron chi connectivity index (χ3n) is 2.91. The molecule has 0 bridgehead atoms. The topological polar surface area (TPSA) is 17.1 Å². The molecule has 1 aromatic carbocycles. The van der Waals surface area contributed by atoms with Gasteiger partial charge in [-0.1, -0.05) is 23.2 Å². The van der Waals surface area contributed by atoms with Crippen molar-refractivity contribution >= 4 is 29.0 Å². The molecular formula is C12H12Cl2O. The molecule has 1 nitrogen and oxygen atoms in total. The molecule has 0 aliphatic heterocycles. The lowest BCUT2D eigenvalue weighted by atomic mass is 9.97. The average Bonchev–Trinajstić information content (AvgIpc) is 2.58. The third-order valence-corrected chi connectivity index (χ3v) is 3.51. The molecule has 15 heavy (non-hydrogen) atoms. The Morgan fingerprint density at radius 1 is 1.33 bits per heavy atom. The molecule has 1 aromatic rings. The van der Waals surface area contributed by atoms with Gasteiger partial charge in [-0.3, -0.25) is 4.79 Å². The van der Waals surface area contributed by atoms with Gasteiger partial charge in [0.15, 0.2) is 0 Å². The van der Waals surface area contributed by atoms with Crippen LogP contribution < -0.4 is 0 Å². The van der Waals surface area contributed by atoms with Gasteiger partial charge in [-0.2, -0.15) is 0 Å². The van der Waals surface area contributed by atoms with Crippen molar-refractivity contribution in [2.45, 2.75) is 25.7 Å². The number of carbonyl (C=O) groups excluding carboxylic acids is 1. The van der Waals surface area contributed by atoms with Crippen molar-refractivity contribution in [3.05, 3.63) is 33.8 Å². The van der Waals surface area contributed by atoms with Gasteiger partial charge in [0.2, 0.25) is 0 Å². The monoisotopic (exact) mass is 242 g/mol. The molecule has 1 aliphatic rings. The Bertz CT molecular complexity index is 387. The first-order chi connectivity index (χ1) is 7.16. The fourth-order valence-corrected chi connectivity index (χ4v) is 2.46. The van der Waals surface area contributed by atoms with E-state index in [1.54, 1.807) is 12.1 Å². The second-order valence-corrected chi connectivity index (χ2v) is 4.84. The molecule has 0 radical (unpaired) electrons. The van der Waals surface area contributed by atoms with Crippen LogP contribution in [0.15, 0.2) is 18.2 Å². The summed E-state index contributed by atoms with van der Waals surface area (Å²) in [6.07, 6.45) is 3.46. The molecule has 1 atom stereocenters. The van der Waals surface area contributed by atoms with E-state index in [0.717, 1.165) is 31.2 Å². The highest BCUT2D eigenvalue weighted by Gasteiger charge is 2.25. The quantitative estimate of drug-likeness (QED) is 0.769. The summed E-state index contributed by atoms with van der Waals surface area (Å²) in [5.41, 5.74) is 0.990. The molecule has 2 rings (SSSR count). The molecule has 1 fully saturated rings. The fraction of sp³-hybridized carbons (Fsp3) is 0.417. The second kappa shape index (κ2) is 4.54. The number of Topliss-reactive ketones (excluding diaryl/α,β-unsaturated/α-hetero) is 1. The molecule has 1 saturated carbocycles. The largest absolute Gasteiger partial charge is 0.299 e. The van der Waals surface area contributed by atoms with Crippen LogP contribution in [0.2, 0.25) is 10.0 Å². The zero-order valence-corrected chi connectivity index (χ0v) is 9.81. The Morgan fingerprint density at radius 2 is 2.13 bits per heavy atom. The average molecular weight is 243 g/mol. The molecule has 80 valence electrons. The van der Waals surface area contributed by atoms with Gasteiger partial charge in [0, 0.05) is 22.4 Å². The van der Waals surface area contributed by atoms with Gasteiger partial charge in [-0.15, -0.1) is 0 Å². The second-order valence-electron chi connectivity index (χ2n) is 4.00. The van der Waals surface area contributed by atoms with Crippen molar-refractivity contribution in [3.8, 4) is 0 Å². The summed E-state index contributed by atoms with van der Waals surface area (Å²) >= 11 is 11.9. The van der Waals surface area contributed by atoms with E-state index in [2.05, 4.69) is 0 Å². The van der Waals surface area contributed by atoms with E-state index in [1.807, 2.05) is 6.07 Å². The molecule has 1 aliphatic carbocycles. The van der Waals surface area contributed by atoms with E-state index < -0.39 is 0 Å². The number of benzene rings is 1. The number of hydrogen-bond donors (Lipinski definition) is 0. The molecule has 0 amide bonds. The van der Waals surface area contributed by atoms with Crippen LogP contribution >= 0.6 is 23.2 Å². The highest BCUT2D eigenvalue weighted by molar-refractivity contribution is 6.33. The Kier molecular flexibility index (Phi) is 3.32. The zero-order chi connectivity index (χ0) is 10.8. The normalized spacial score (nSPS) is 20.9. The highest BCUT2D eigenvalue weighted by Crippen LogP contribution is 2.29.